The topological polar surface area (TPSA) is 65.7 Å². The highest BCUT2D eigenvalue weighted by Crippen LogP contribution is 2.36. The van der Waals surface area contributed by atoms with E-state index >= 15 is 0 Å². The van der Waals surface area contributed by atoms with Crippen molar-refractivity contribution in [2.75, 3.05) is 13.7 Å². The highest BCUT2D eigenvalue weighted by Gasteiger charge is 2.24. The Morgan fingerprint density at radius 1 is 1.11 bits per heavy atom. The van der Waals surface area contributed by atoms with Crippen LogP contribution in [-0.2, 0) is 21.3 Å². The monoisotopic (exact) mass is 384 g/mol. The SMILES string of the molecule is CCOC(=O)c1c(CS(=O)c2ccccc2)ccc(-c2ccoc2)c1OC. The van der Waals surface area contributed by atoms with E-state index in [4.69, 9.17) is 13.9 Å². The molecule has 0 aliphatic carbocycles. The molecule has 0 radical (unpaired) electrons. The van der Waals surface area contributed by atoms with Crippen molar-refractivity contribution >= 4 is 16.8 Å². The molecule has 0 saturated carbocycles. The van der Waals surface area contributed by atoms with Crippen LogP contribution >= 0.6 is 0 Å². The zero-order valence-corrected chi connectivity index (χ0v) is 16.0. The van der Waals surface area contributed by atoms with Gasteiger partial charge < -0.3 is 13.9 Å². The standard InChI is InChI=1S/C21H20O5S/c1-3-26-21(22)19-16(14-27(23)17-7-5-4-6-8-17)9-10-18(20(19)24-2)15-11-12-25-13-15/h4-13H,3,14H2,1-2H3. The molecule has 1 aromatic heterocycles. The van der Waals surface area contributed by atoms with Gasteiger partial charge in [0.25, 0.3) is 0 Å². The maximum atomic E-state index is 12.8. The fraction of sp³-hybridized carbons (Fsp3) is 0.190. The zero-order valence-electron chi connectivity index (χ0n) is 15.1. The van der Waals surface area contributed by atoms with Gasteiger partial charge in [-0.25, -0.2) is 4.79 Å². The van der Waals surface area contributed by atoms with Crippen LogP contribution in [0.1, 0.15) is 22.8 Å². The third-order valence-electron chi connectivity index (χ3n) is 4.05. The molecule has 6 heteroatoms. The van der Waals surface area contributed by atoms with Crippen molar-refractivity contribution in [3.05, 3.63) is 72.2 Å². The Kier molecular flexibility index (Phi) is 6.08. The van der Waals surface area contributed by atoms with Gasteiger partial charge in [-0.15, -0.1) is 0 Å². The molecule has 2 aromatic carbocycles. The number of hydrogen-bond donors (Lipinski definition) is 0. The summed E-state index contributed by atoms with van der Waals surface area (Å²) >= 11 is 0. The van der Waals surface area contributed by atoms with Gasteiger partial charge in [0, 0.05) is 16.0 Å². The second-order valence-corrected chi connectivity index (χ2v) is 7.17. The van der Waals surface area contributed by atoms with Crippen molar-refractivity contribution in [3.8, 4) is 16.9 Å². The third-order valence-corrected chi connectivity index (χ3v) is 5.42. The Labute approximate surface area is 160 Å². The molecule has 3 rings (SSSR count). The fourth-order valence-electron chi connectivity index (χ4n) is 2.82. The predicted molar refractivity (Wildman–Crippen MR) is 103 cm³/mol. The van der Waals surface area contributed by atoms with Gasteiger partial charge in [0.1, 0.15) is 11.3 Å². The second kappa shape index (κ2) is 8.68. The van der Waals surface area contributed by atoms with E-state index in [1.54, 1.807) is 43.7 Å². The number of benzene rings is 2. The smallest absolute Gasteiger partial charge is 0.342 e. The van der Waals surface area contributed by atoms with Gasteiger partial charge in [0.15, 0.2) is 0 Å². The lowest BCUT2D eigenvalue weighted by molar-refractivity contribution is 0.0522. The molecule has 0 spiro atoms. The summed E-state index contributed by atoms with van der Waals surface area (Å²) in [5.74, 6) is 0.0670. The van der Waals surface area contributed by atoms with Crippen LogP contribution in [0.5, 0.6) is 5.75 Å². The van der Waals surface area contributed by atoms with E-state index in [1.807, 2.05) is 24.3 Å². The molecule has 0 aliphatic rings. The molecule has 1 unspecified atom stereocenters. The predicted octanol–water partition coefficient (Wildman–Crippen LogP) is 4.44. The van der Waals surface area contributed by atoms with Crippen LogP contribution in [0.3, 0.4) is 0 Å². The molecule has 0 amide bonds. The summed E-state index contributed by atoms with van der Waals surface area (Å²) in [5, 5.41) is 0. The number of carbonyl (C=O) groups is 1. The molecule has 140 valence electrons. The molecule has 1 atom stereocenters. The number of rotatable bonds is 7. The van der Waals surface area contributed by atoms with E-state index in [0.717, 1.165) is 5.56 Å². The van der Waals surface area contributed by atoms with Crippen LogP contribution in [0.4, 0.5) is 0 Å². The van der Waals surface area contributed by atoms with Crippen molar-refractivity contribution in [2.24, 2.45) is 0 Å². The number of hydrogen-bond acceptors (Lipinski definition) is 5. The lowest BCUT2D eigenvalue weighted by Crippen LogP contribution is -2.12. The largest absolute Gasteiger partial charge is 0.495 e. The lowest BCUT2D eigenvalue weighted by atomic mass is 9.99. The summed E-state index contributed by atoms with van der Waals surface area (Å²) in [4.78, 5) is 13.4. The van der Waals surface area contributed by atoms with Crippen LogP contribution in [0.25, 0.3) is 11.1 Å². The van der Waals surface area contributed by atoms with Crippen molar-refractivity contribution in [2.45, 2.75) is 17.6 Å². The molecular weight excluding hydrogens is 364 g/mol. The Balaban J connectivity index is 2.07. The van der Waals surface area contributed by atoms with Gasteiger partial charge in [0.05, 0.1) is 42.8 Å². The normalized spacial score (nSPS) is 11.8. The van der Waals surface area contributed by atoms with Crippen LogP contribution in [-0.4, -0.2) is 23.9 Å². The van der Waals surface area contributed by atoms with Gasteiger partial charge >= 0.3 is 5.97 Å². The second-order valence-electron chi connectivity index (χ2n) is 5.72. The maximum absolute atomic E-state index is 12.8. The maximum Gasteiger partial charge on any atom is 0.342 e. The summed E-state index contributed by atoms with van der Waals surface area (Å²) in [5.41, 5.74) is 2.40. The molecule has 0 fully saturated rings. The number of methoxy groups -OCH3 is 1. The summed E-state index contributed by atoms with van der Waals surface area (Å²) in [7, 11) is 0.199. The first kappa shape index (κ1) is 18.9. The van der Waals surface area contributed by atoms with E-state index in [-0.39, 0.29) is 12.4 Å². The van der Waals surface area contributed by atoms with Crippen LogP contribution < -0.4 is 4.74 Å². The molecule has 5 nitrogen and oxygen atoms in total. The Hall–Kier alpha value is -2.86. The van der Waals surface area contributed by atoms with Crippen LogP contribution in [0, 0.1) is 0 Å². The third kappa shape index (κ3) is 4.11. The van der Waals surface area contributed by atoms with Crippen molar-refractivity contribution in [1.29, 1.82) is 0 Å². The fourth-order valence-corrected chi connectivity index (χ4v) is 3.98. The summed E-state index contributed by atoms with van der Waals surface area (Å²) in [6.07, 6.45) is 3.13. The molecule has 0 bridgehead atoms. The summed E-state index contributed by atoms with van der Waals surface area (Å²) in [6, 6.07) is 14.6. The van der Waals surface area contributed by atoms with Gasteiger partial charge in [-0.1, -0.05) is 30.3 Å². The van der Waals surface area contributed by atoms with Gasteiger partial charge in [-0.05, 0) is 30.7 Å². The van der Waals surface area contributed by atoms with E-state index < -0.39 is 16.8 Å². The average molecular weight is 384 g/mol. The molecule has 0 aliphatic heterocycles. The lowest BCUT2D eigenvalue weighted by Gasteiger charge is -2.16. The number of carbonyl (C=O) groups excluding carboxylic acids is 1. The minimum Gasteiger partial charge on any atom is -0.495 e. The van der Waals surface area contributed by atoms with E-state index in [2.05, 4.69) is 0 Å². The minimum atomic E-state index is -1.30. The minimum absolute atomic E-state index is 0.181. The van der Waals surface area contributed by atoms with Crippen molar-refractivity contribution in [1.82, 2.24) is 0 Å². The molecule has 27 heavy (non-hydrogen) atoms. The van der Waals surface area contributed by atoms with Crippen LogP contribution in [0.15, 0.2) is 70.4 Å². The quantitative estimate of drug-likeness (QED) is 0.564. The highest BCUT2D eigenvalue weighted by molar-refractivity contribution is 7.84. The van der Waals surface area contributed by atoms with Gasteiger partial charge in [-0.2, -0.15) is 0 Å². The Bertz CT molecular complexity index is 933. The van der Waals surface area contributed by atoms with Crippen LogP contribution in [0.2, 0.25) is 0 Å². The summed E-state index contributed by atoms with van der Waals surface area (Å²) < 4.78 is 28.7. The van der Waals surface area contributed by atoms with E-state index in [1.165, 1.54) is 7.11 Å². The molecule has 0 saturated heterocycles. The molecule has 0 N–H and O–H groups in total. The van der Waals surface area contributed by atoms with Crippen molar-refractivity contribution < 1.29 is 22.9 Å². The molecule has 1 heterocycles. The van der Waals surface area contributed by atoms with E-state index in [0.29, 0.717) is 27.3 Å². The Morgan fingerprint density at radius 2 is 1.89 bits per heavy atom. The Morgan fingerprint density at radius 3 is 2.52 bits per heavy atom. The first-order chi connectivity index (χ1) is 13.2. The molecular formula is C21H20O5S. The number of furan rings is 1. The zero-order chi connectivity index (χ0) is 19.2. The number of esters is 1. The van der Waals surface area contributed by atoms with Gasteiger partial charge in [-0.3, -0.25) is 4.21 Å². The first-order valence-corrected chi connectivity index (χ1v) is 9.80. The van der Waals surface area contributed by atoms with E-state index in [9.17, 15) is 9.00 Å². The summed E-state index contributed by atoms with van der Waals surface area (Å²) in [6.45, 7) is 1.98. The van der Waals surface area contributed by atoms with Crippen molar-refractivity contribution in [3.63, 3.8) is 0 Å². The highest BCUT2D eigenvalue weighted by atomic mass is 32.2. The first-order valence-electron chi connectivity index (χ1n) is 8.48. The molecule has 3 aromatic rings. The van der Waals surface area contributed by atoms with Gasteiger partial charge in [0.2, 0.25) is 0 Å². The number of ether oxygens (including phenoxy) is 2. The average Bonchev–Trinajstić information content (AvgIpc) is 3.22.